The average Bonchev–Trinajstić information content (AvgIpc) is 2.42. The SMILES string of the molecule is Cc1cccc(N(C)C(CN)c2c(C)cccc2C)c1. The van der Waals surface area contributed by atoms with E-state index in [2.05, 4.69) is 75.2 Å². The molecule has 0 aliphatic heterocycles. The molecule has 2 nitrogen and oxygen atoms in total. The first-order chi connectivity index (χ1) is 9.54. The van der Waals surface area contributed by atoms with E-state index in [1.165, 1.54) is 27.9 Å². The van der Waals surface area contributed by atoms with E-state index in [-0.39, 0.29) is 6.04 Å². The van der Waals surface area contributed by atoms with Gasteiger partial charge in [-0.25, -0.2) is 0 Å². The quantitative estimate of drug-likeness (QED) is 0.915. The van der Waals surface area contributed by atoms with Gasteiger partial charge in [-0.05, 0) is 55.2 Å². The molecule has 2 aromatic rings. The van der Waals surface area contributed by atoms with Gasteiger partial charge >= 0.3 is 0 Å². The second kappa shape index (κ2) is 6.10. The monoisotopic (exact) mass is 268 g/mol. The van der Waals surface area contributed by atoms with Gasteiger partial charge in [0.1, 0.15) is 0 Å². The van der Waals surface area contributed by atoms with Crippen molar-refractivity contribution >= 4 is 5.69 Å². The lowest BCUT2D eigenvalue weighted by Gasteiger charge is -2.32. The number of hydrogen-bond donors (Lipinski definition) is 1. The van der Waals surface area contributed by atoms with Crippen LogP contribution >= 0.6 is 0 Å². The molecule has 0 aliphatic carbocycles. The zero-order valence-electron chi connectivity index (χ0n) is 12.9. The molecule has 2 N–H and O–H groups in total. The molecule has 2 heteroatoms. The summed E-state index contributed by atoms with van der Waals surface area (Å²) < 4.78 is 0. The zero-order valence-corrected chi connectivity index (χ0v) is 12.9. The Morgan fingerprint density at radius 3 is 2.15 bits per heavy atom. The van der Waals surface area contributed by atoms with Gasteiger partial charge in [0.05, 0.1) is 6.04 Å². The number of benzene rings is 2. The van der Waals surface area contributed by atoms with Crippen molar-refractivity contribution in [2.45, 2.75) is 26.8 Å². The van der Waals surface area contributed by atoms with Gasteiger partial charge in [-0.2, -0.15) is 0 Å². The smallest absolute Gasteiger partial charge is 0.0666 e. The Morgan fingerprint density at radius 2 is 1.60 bits per heavy atom. The summed E-state index contributed by atoms with van der Waals surface area (Å²) in [7, 11) is 2.12. The van der Waals surface area contributed by atoms with Crippen LogP contribution in [0.25, 0.3) is 0 Å². The Labute approximate surface area is 122 Å². The van der Waals surface area contributed by atoms with Crippen LogP contribution in [0.5, 0.6) is 0 Å². The Hall–Kier alpha value is -1.80. The highest BCUT2D eigenvalue weighted by atomic mass is 15.1. The second-order valence-electron chi connectivity index (χ2n) is 5.51. The van der Waals surface area contributed by atoms with Crippen molar-refractivity contribution in [2.75, 3.05) is 18.5 Å². The van der Waals surface area contributed by atoms with E-state index in [1.807, 2.05) is 0 Å². The average molecular weight is 268 g/mol. The van der Waals surface area contributed by atoms with Crippen LogP contribution < -0.4 is 10.6 Å². The Kier molecular flexibility index (Phi) is 4.46. The Balaban J connectivity index is 2.42. The van der Waals surface area contributed by atoms with E-state index in [0.717, 1.165) is 0 Å². The number of nitrogens with two attached hydrogens (primary N) is 1. The molecule has 20 heavy (non-hydrogen) atoms. The molecule has 0 heterocycles. The van der Waals surface area contributed by atoms with Gasteiger partial charge in [0, 0.05) is 19.3 Å². The third-order valence-corrected chi connectivity index (χ3v) is 3.98. The molecule has 2 aromatic carbocycles. The summed E-state index contributed by atoms with van der Waals surface area (Å²) in [6, 6.07) is 15.2. The van der Waals surface area contributed by atoms with Gasteiger partial charge in [0.2, 0.25) is 0 Å². The fourth-order valence-electron chi connectivity index (χ4n) is 2.85. The highest BCUT2D eigenvalue weighted by Crippen LogP contribution is 2.29. The van der Waals surface area contributed by atoms with E-state index in [1.54, 1.807) is 0 Å². The fourth-order valence-corrected chi connectivity index (χ4v) is 2.85. The molecule has 0 aliphatic rings. The lowest BCUT2D eigenvalue weighted by Crippen LogP contribution is -2.31. The third-order valence-electron chi connectivity index (χ3n) is 3.98. The molecule has 1 unspecified atom stereocenters. The maximum Gasteiger partial charge on any atom is 0.0666 e. The van der Waals surface area contributed by atoms with Gasteiger partial charge in [-0.1, -0.05) is 30.3 Å². The van der Waals surface area contributed by atoms with Crippen LogP contribution in [0, 0.1) is 20.8 Å². The zero-order chi connectivity index (χ0) is 14.7. The van der Waals surface area contributed by atoms with Gasteiger partial charge in [0.25, 0.3) is 0 Å². The number of rotatable bonds is 4. The molecule has 0 bridgehead atoms. The molecule has 0 saturated heterocycles. The highest BCUT2D eigenvalue weighted by Gasteiger charge is 2.19. The number of hydrogen-bond acceptors (Lipinski definition) is 2. The maximum atomic E-state index is 6.08. The molecule has 0 aromatic heterocycles. The third kappa shape index (κ3) is 2.86. The fraction of sp³-hybridized carbons (Fsp3) is 0.333. The highest BCUT2D eigenvalue weighted by molar-refractivity contribution is 5.52. The standard InChI is InChI=1S/C18H24N2/c1-13-7-5-10-16(11-13)20(4)17(12-19)18-14(2)8-6-9-15(18)3/h5-11,17H,12,19H2,1-4H3. The summed E-state index contributed by atoms with van der Waals surface area (Å²) >= 11 is 0. The van der Waals surface area contributed by atoms with E-state index < -0.39 is 0 Å². The number of anilines is 1. The summed E-state index contributed by atoms with van der Waals surface area (Å²) in [5, 5.41) is 0. The van der Waals surface area contributed by atoms with Crippen molar-refractivity contribution in [1.29, 1.82) is 0 Å². The molecular weight excluding hydrogens is 244 g/mol. The molecule has 1 atom stereocenters. The van der Waals surface area contributed by atoms with E-state index >= 15 is 0 Å². The predicted octanol–water partition coefficient (Wildman–Crippen LogP) is 3.75. The summed E-state index contributed by atoms with van der Waals surface area (Å²) in [4.78, 5) is 2.28. The maximum absolute atomic E-state index is 6.08. The van der Waals surface area contributed by atoms with Crippen LogP contribution in [0.15, 0.2) is 42.5 Å². The first-order valence-electron chi connectivity index (χ1n) is 7.10. The molecule has 2 rings (SSSR count). The number of nitrogens with zero attached hydrogens (tertiary/aromatic N) is 1. The Bertz CT molecular complexity index is 569. The predicted molar refractivity (Wildman–Crippen MR) is 87.3 cm³/mol. The van der Waals surface area contributed by atoms with Crippen molar-refractivity contribution < 1.29 is 0 Å². The molecule has 0 radical (unpaired) electrons. The molecule has 0 amide bonds. The normalized spacial score (nSPS) is 12.2. The Morgan fingerprint density at radius 1 is 1.00 bits per heavy atom. The lowest BCUT2D eigenvalue weighted by atomic mass is 9.95. The van der Waals surface area contributed by atoms with Crippen molar-refractivity contribution in [3.63, 3.8) is 0 Å². The van der Waals surface area contributed by atoms with E-state index in [0.29, 0.717) is 6.54 Å². The molecule has 0 fully saturated rings. The summed E-state index contributed by atoms with van der Waals surface area (Å²) in [5.74, 6) is 0. The van der Waals surface area contributed by atoms with Gasteiger partial charge in [-0.3, -0.25) is 0 Å². The molecule has 0 saturated carbocycles. The van der Waals surface area contributed by atoms with Crippen LogP contribution in [0.3, 0.4) is 0 Å². The molecular formula is C18H24N2. The van der Waals surface area contributed by atoms with Crippen molar-refractivity contribution in [1.82, 2.24) is 0 Å². The number of likely N-dealkylation sites (N-methyl/N-ethyl adjacent to an activating group) is 1. The second-order valence-corrected chi connectivity index (χ2v) is 5.51. The van der Waals surface area contributed by atoms with E-state index in [9.17, 15) is 0 Å². The summed E-state index contributed by atoms with van der Waals surface area (Å²) in [6.07, 6.45) is 0. The molecule has 0 spiro atoms. The van der Waals surface area contributed by atoms with Gasteiger partial charge in [0.15, 0.2) is 0 Å². The molecule has 106 valence electrons. The van der Waals surface area contributed by atoms with Crippen LogP contribution in [0.2, 0.25) is 0 Å². The van der Waals surface area contributed by atoms with E-state index in [4.69, 9.17) is 5.73 Å². The van der Waals surface area contributed by atoms with Crippen LogP contribution in [-0.4, -0.2) is 13.6 Å². The first-order valence-corrected chi connectivity index (χ1v) is 7.10. The minimum Gasteiger partial charge on any atom is -0.366 e. The largest absolute Gasteiger partial charge is 0.366 e. The van der Waals surface area contributed by atoms with Crippen molar-refractivity contribution in [3.05, 3.63) is 64.7 Å². The van der Waals surface area contributed by atoms with Crippen LogP contribution in [-0.2, 0) is 0 Å². The minimum absolute atomic E-state index is 0.206. The summed E-state index contributed by atoms with van der Waals surface area (Å²) in [6.45, 7) is 7.05. The van der Waals surface area contributed by atoms with Crippen molar-refractivity contribution in [3.8, 4) is 0 Å². The number of aryl methyl sites for hydroxylation is 3. The van der Waals surface area contributed by atoms with Gasteiger partial charge in [-0.15, -0.1) is 0 Å². The first kappa shape index (κ1) is 14.6. The van der Waals surface area contributed by atoms with Gasteiger partial charge < -0.3 is 10.6 Å². The van der Waals surface area contributed by atoms with Crippen molar-refractivity contribution in [2.24, 2.45) is 5.73 Å². The minimum atomic E-state index is 0.206. The van der Waals surface area contributed by atoms with Crippen LogP contribution in [0.4, 0.5) is 5.69 Å². The topological polar surface area (TPSA) is 29.3 Å². The lowest BCUT2D eigenvalue weighted by molar-refractivity contribution is 0.672. The van der Waals surface area contributed by atoms with Crippen LogP contribution in [0.1, 0.15) is 28.3 Å². The summed E-state index contributed by atoms with van der Waals surface area (Å²) in [5.41, 5.74) is 12.5.